The molecule has 0 radical (unpaired) electrons. The minimum absolute atomic E-state index is 0.176. The Hall–Kier alpha value is -3.22. The first-order valence-electron chi connectivity index (χ1n) is 13.2. The quantitative estimate of drug-likeness (QED) is 0.389. The molecular formula is C30H34N2O4. The molecule has 36 heavy (non-hydrogen) atoms. The predicted octanol–water partition coefficient (Wildman–Crippen LogP) is 3.97. The lowest BCUT2D eigenvalue weighted by molar-refractivity contribution is -0.0648. The highest BCUT2D eigenvalue weighted by Crippen LogP contribution is 2.64. The van der Waals surface area contributed by atoms with E-state index in [1.165, 1.54) is 17.3 Å². The summed E-state index contributed by atoms with van der Waals surface area (Å²) >= 11 is 0. The van der Waals surface area contributed by atoms with Gasteiger partial charge in [-0.3, -0.25) is 9.78 Å². The third-order valence-corrected chi connectivity index (χ3v) is 9.05. The summed E-state index contributed by atoms with van der Waals surface area (Å²) in [6.07, 6.45) is 10.4. The van der Waals surface area contributed by atoms with Crippen LogP contribution in [0.4, 0.5) is 0 Å². The van der Waals surface area contributed by atoms with E-state index in [4.69, 9.17) is 0 Å². The van der Waals surface area contributed by atoms with Gasteiger partial charge in [0.1, 0.15) is 16.9 Å². The van der Waals surface area contributed by atoms with Gasteiger partial charge in [-0.1, -0.05) is 30.8 Å². The lowest BCUT2D eigenvalue weighted by Crippen LogP contribution is -2.50. The van der Waals surface area contributed by atoms with Crippen LogP contribution in [0, 0.1) is 40.9 Å². The first-order chi connectivity index (χ1) is 17.3. The van der Waals surface area contributed by atoms with Crippen molar-refractivity contribution in [1.29, 1.82) is 0 Å². The second-order valence-corrected chi connectivity index (χ2v) is 10.9. The Morgan fingerprint density at radius 2 is 1.89 bits per heavy atom. The van der Waals surface area contributed by atoms with E-state index >= 15 is 0 Å². The number of rotatable bonds is 3. The fourth-order valence-corrected chi connectivity index (χ4v) is 7.09. The van der Waals surface area contributed by atoms with Crippen molar-refractivity contribution in [3.8, 4) is 29.4 Å². The lowest BCUT2D eigenvalue weighted by Gasteiger charge is -2.52. The Balaban J connectivity index is 1.17. The molecule has 6 heteroatoms. The van der Waals surface area contributed by atoms with Crippen molar-refractivity contribution in [2.24, 2.45) is 17.3 Å². The van der Waals surface area contributed by atoms with E-state index in [0.29, 0.717) is 36.3 Å². The maximum Gasteiger partial charge on any atom is 0.325 e. The van der Waals surface area contributed by atoms with Gasteiger partial charge in [0, 0.05) is 24.5 Å². The number of aromatic nitrogens is 2. The van der Waals surface area contributed by atoms with E-state index in [2.05, 4.69) is 46.6 Å². The van der Waals surface area contributed by atoms with Gasteiger partial charge in [0.15, 0.2) is 0 Å². The fourth-order valence-electron chi connectivity index (χ4n) is 7.09. The number of H-pyrrole nitrogens is 2. The number of hydrogen-bond donors (Lipinski definition) is 4. The third-order valence-electron chi connectivity index (χ3n) is 9.05. The van der Waals surface area contributed by atoms with Gasteiger partial charge in [0.25, 0.3) is 5.56 Å². The van der Waals surface area contributed by atoms with E-state index < -0.39 is 16.9 Å². The van der Waals surface area contributed by atoms with Crippen molar-refractivity contribution < 1.29 is 10.2 Å². The summed E-state index contributed by atoms with van der Waals surface area (Å²) < 4.78 is 0. The topological polar surface area (TPSA) is 106 Å². The number of aromatic hydroxyl groups is 1. The standard InChI is InChI=1S/C30H34N2O4/c1-29-16-13-24-23-12-10-22(33)18-20(23)9-11-25(24)26(29)14-17-30(29,36)15-7-5-3-2-4-6-8-21-19-31-28(35)32-27(21)34/h10,12,18-19,24-26,33,36H,2-5,9,11,13-14,16-17H2,1H3,(H2,31,32,34,35)/t24?,25?,26?,29-,30-/m0/s1. The van der Waals surface area contributed by atoms with Crippen molar-refractivity contribution in [3.05, 3.63) is 61.9 Å². The molecule has 5 rings (SSSR count). The number of fused-ring (bicyclic) bond motifs is 5. The molecule has 188 valence electrons. The zero-order valence-electron chi connectivity index (χ0n) is 20.8. The summed E-state index contributed by atoms with van der Waals surface area (Å²) in [6, 6.07) is 5.87. The Morgan fingerprint density at radius 1 is 1.08 bits per heavy atom. The van der Waals surface area contributed by atoms with Gasteiger partial charge in [-0.15, -0.1) is 5.92 Å². The number of phenolic OH excluding ortho intramolecular Hbond substituents is 1. The van der Waals surface area contributed by atoms with E-state index in [1.807, 2.05) is 12.1 Å². The minimum Gasteiger partial charge on any atom is -0.508 e. The molecule has 1 aromatic heterocycles. The highest BCUT2D eigenvalue weighted by molar-refractivity contribution is 5.41. The molecule has 0 amide bonds. The SMILES string of the molecule is C[C@]12CCC3c4ccc(O)cc4CCC3C1CC[C@@]2(O)C#CCCCCC#Cc1c[nH]c(=O)[nH]c1=O. The largest absolute Gasteiger partial charge is 0.508 e. The van der Waals surface area contributed by atoms with Crippen LogP contribution in [0.5, 0.6) is 5.75 Å². The Morgan fingerprint density at radius 3 is 2.69 bits per heavy atom. The number of aliphatic hydroxyl groups is 1. The van der Waals surface area contributed by atoms with E-state index in [9.17, 15) is 19.8 Å². The molecule has 0 bridgehead atoms. The summed E-state index contributed by atoms with van der Waals surface area (Å²) in [6.45, 7) is 2.26. The van der Waals surface area contributed by atoms with E-state index in [0.717, 1.165) is 51.4 Å². The van der Waals surface area contributed by atoms with Gasteiger partial charge in [-0.25, -0.2) is 4.79 Å². The van der Waals surface area contributed by atoms with Gasteiger partial charge < -0.3 is 15.2 Å². The molecule has 3 aliphatic rings. The number of aromatic amines is 2. The van der Waals surface area contributed by atoms with E-state index in [-0.39, 0.29) is 11.0 Å². The van der Waals surface area contributed by atoms with E-state index in [1.54, 1.807) is 0 Å². The highest BCUT2D eigenvalue weighted by Gasteiger charge is 2.61. The number of benzene rings is 1. The molecule has 4 N–H and O–H groups in total. The maximum atomic E-state index is 11.7. The normalized spacial score (nSPS) is 30.1. The lowest BCUT2D eigenvalue weighted by atomic mass is 9.53. The monoisotopic (exact) mass is 486 g/mol. The van der Waals surface area contributed by atoms with Gasteiger partial charge in [0.05, 0.1) is 0 Å². The number of unbranched alkanes of at least 4 members (excludes halogenated alkanes) is 3. The van der Waals surface area contributed by atoms with Crippen molar-refractivity contribution in [2.45, 2.75) is 82.7 Å². The number of hydrogen-bond acceptors (Lipinski definition) is 4. The zero-order chi connectivity index (χ0) is 25.3. The summed E-state index contributed by atoms with van der Waals surface area (Å²) in [5.74, 6) is 14.3. The van der Waals surface area contributed by atoms with Gasteiger partial charge >= 0.3 is 5.69 Å². The van der Waals surface area contributed by atoms with Crippen molar-refractivity contribution >= 4 is 0 Å². The van der Waals surface area contributed by atoms with Crippen LogP contribution in [0.3, 0.4) is 0 Å². The fraction of sp³-hybridized carbons (Fsp3) is 0.533. The molecule has 0 aliphatic heterocycles. The molecule has 5 atom stereocenters. The maximum absolute atomic E-state index is 11.7. The van der Waals surface area contributed by atoms with Crippen LogP contribution in [-0.4, -0.2) is 25.8 Å². The minimum atomic E-state index is -0.928. The summed E-state index contributed by atoms with van der Waals surface area (Å²) in [4.78, 5) is 27.3. The Bertz CT molecular complexity index is 1380. The summed E-state index contributed by atoms with van der Waals surface area (Å²) in [7, 11) is 0. The summed E-state index contributed by atoms with van der Waals surface area (Å²) in [5.41, 5.74) is 0.846. The van der Waals surface area contributed by atoms with Crippen molar-refractivity contribution in [3.63, 3.8) is 0 Å². The molecule has 2 fully saturated rings. The second-order valence-electron chi connectivity index (χ2n) is 10.9. The predicted molar refractivity (Wildman–Crippen MR) is 138 cm³/mol. The molecule has 1 aromatic carbocycles. The third kappa shape index (κ3) is 4.40. The summed E-state index contributed by atoms with van der Waals surface area (Å²) in [5, 5.41) is 21.6. The first-order valence-corrected chi connectivity index (χ1v) is 13.2. The molecule has 0 saturated heterocycles. The van der Waals surface area contributed by atoms with Gasteiger partial charge in [-0.2, -0.15) is 0 Å². The van der Waals surface area contributed by atoms with Crippen molar-refractivity contribution in [2.75, 3.05) is 0 Å². The molecule has 1 heterocycles. The van der Waals surface area contributed by atoms with Crippen LogP contribution in [0.2, 0.25) is 0 Å². The molecular weight excluding hydrogens is 452 g/mol. The molecule has 0 spiro atoms. The molecule has 2 aromatic rings. The molecule has 6 nitrogen and oxygen atoms in total. The molecule has 3 unspecified atom stereocenters. The second kappa shape index (κ2) is 9.68. The van der Waals surface area contributed by atoms with Crippen molar-refractivity contribution in [1.82, 2.24) is 9.97 Å². The highest BCUT2D eigenvalue weighted by atomic mass is 16.3. The Kier molecular flexibility index (Phi) is 6.58. The number of nitrogens with one attached hydrogen (secondary N) is 2. The average Bonchev–Trinajstić information content (AvgIpc) is 3.12. The molecule has 3 aliphatic carbocycles. The number of aryl methyl sites for hydroxylation is 1. The number of phenols is 1. The van der Waals surface area contributed by atoms with Crippen LogP contribution in [0.1, 0.15) is 87.3 Å². The molecule has 2 saturated carbocycles. The first kappa shape index (κ1) is 24.5. The van der Waals surface area contributed by atoms with Crippen LogP contribution in [0.25, 0.3) is 0 Å². The average molecular weight is 487 g/mol. The van der Waals surface area contributed by atoms with Crippen LogP contribution in [-0.2, 0) is 6.42 Å². The van der Waals surface area contributed by atoms with Crippen LogP contribution in [0.15, 0.2) is 34.0 Å². The zero-order valence-corrected chi connectivity index (χ0v) is 20.8. The van der Waals surface area contributed by atoms with Crippen LogP contribution < -0.4 is 11.2 Å². The van der Waals surface area contributed by atoms with Gasteiger partial charge in [0.2, 0.25) is 0 Å². The van der Waals surface area contributed by atoms with Gasteiger partial charge in [-0.05, 0) is 92.4 Å². The van der Waals surface area contributed by atoms with Crippen LogP contribution >= 0.6 is 0 Å². The Labute approximate surface area is 211 Å². The smallest absolute Gasteiger partial charge is 0.325 e.